The summed E-state index contributed by atoms with van der Waals surface area (Å²) in [6, 6.07) is -0.359. The van der Waals surface area contributed by atoms with Crippen LogP contribution in [0.5, 0.6) is 0 Å². The summed E-state index contributed by atoms with van der Waals surface area (Å²) < 4.78 is 0. The summed E-state index contributed by atoms with van der Waals surface area (Å²) in [5.74, 6) is 4.02. The second-order valence-electron chi connectivity index (χ2n) is 3.86. The molecule has 0 radical (unpaired) electrons. The van der Waals surface area contributed by atoms with Gasteiger partial charge in [0.1, 0.15) is 6.04 Å². The molecule has 0 saturated carbocycles. The van der Waals surface area contributed by atoms with Crippen molar-refractivity contribution in [2.45, 2.75) is 25.8 Å². The van der Waals surface area contributed by atoms with E-state index >= 15 is 0 Å². The molecular weight excluding hydrogens is 236 g/mol. The second-order valence-corrected chi connectivity index (χ2v) is 4.97. The molecule has 1 unspecified atom stereocenters. The maximum atomic E-state index is 12.0. The Kier molecular flexibility index (Phi) is 5.92. The van der Waals surface area contributed by atoms with Gasteiger partial charge in [-0.2, -0.15) is 0 Å². The van der Waals surface area contributed by atoms with E-state index in [0.29, 0.717) is 31.7 Å². The zero-order valence-corrected chi connectivity index (χ0v) is 10.9. The van der Waals surface area contributed by atoms with E-state index in [1.54, 1.807) is 16.7 Å². The Morgan fingerprint density at radius 3 is 3.00 bits per heavy atom. The smallest absolute Gasteiger partial charge is 0.245 e. The van der Waals surface area contributed by atoms with Crippen LogP contribution in [0.2, 0.25) is 0 Å². The first-order chi connectivity index (χ1) is 8.19. The van der Waals surface area contributed by atoms with Gasteiger partial charge in [-0.15, -0.1) is 18.2 Å². The minimum absolute atomic E-state index is 0.0275. The molecule has 1 heterocycles. The van der Waals surface area contributed by atoms with Crippen molar-refractivity contribution in [3.63, 3.8) is 0 Å². The van der Waals surface area contributed by atoms with Crippen molar-refractivity contribution in [1.29, 1.82) is 0 Å². The number of hydrogen-bond donors (Lipinski definition) is 1. The molecule has 17 heavy (non-hydrogen) atoms. The van der Waals surface area contributed by atoms with Crippen molar-refractivity contribution in [2.24, 2.45) is 0 Å². The number of rotatable bonds is 5. The third-order valence-corrected chi connectivity index (χ3v) is 3.49. The van der Waals surface area contributed by atoms with Gasteiger partial charge in [0.05, 0.1) is 5.75 Å². The molecule has 0 aromatic rings. The fraction of sp³-hybridized carbons (Fsp3) is 0.667. The van der Waals surface area contributed by atoms with Gasteiger partial charge in [0, 0.05) is 25.3 Å². The van der Waals surface area contributed by atoms with Gasteiger partial charge < -0.3 is 10.2 Å². The van der Waals surface area contributed by atoms with Crippen LogP contribution in [0.1, 0.15) is 19.8 Å². The van der Waals surface area contributed by atoms with Crippen LogP contribution in [-0.2, 0) is 9.59 Å². The summed E-state index contributed by atoms with van der Waals surface area (Å²) in [5, 5.41) is 2.74. The minimum Gasteiger partial charge on any atom is -0.344 e. The molecule has 1 saturated heterocycles. The molecule has 1 aliphatic rings. The monoisotopic (exact) mass is 254 g/mol. The van der Waals surface area contributed by atoms with E-state index < -0.39 is 0 Å². The number of carbonyl (C=O) groups is 2. The van der Waals surface area contributed by atoms with Gasteiger partial charge in [-0.1, -0.05) is 12.8 Å². The largest absolute Gasteiger partial charge is 0.344 e. The second kappa shape index (κ2) is 7.23. The quantitative estimate of drug-likeness (QED) is 0.573. The first-order valence-electron chi connectivity index (χ1n) is 5.78. The van der Waals surface area contributed by atoms with Crippen LogP contribution in [0.25, 0.3) is 0 Å². The number of thioether (sulfide) groups is 1. The van der Waals surface area contributed by atoms with E-state index in [1.807, 2.05) is 6.92 Å². The van der Waals surface area contributed by atoms with Gasteiger partial charge in [0.2, 0.25) is 11.8 Å². The molecule has 0 spiro atoms. The van der Waals surface area contributed by atoms with E-state index in [2.05, 4.69) is 11.2 Å². The molecule has 0 bridgehead atoms. The highest BCUT2D eigenvalue weighted by Gasteiger charge is 2.27. The van der Waals surface area contributed by atoms with E-state index in [4.69, 9.17) is 6.42 Å². The van der Waals surface area contributed by atoms with Crippen molar-refractivity contribution in [3.8, 4) is 12.3 Å². The number of terminal acetylenes is 1. The summed E-state index contributed by atoms with van der Waals surface area (Å²) in [7, 11) is 0. The van der Waals surface area contributed by atoms with E-state index in [1.165, 1.54) is 0 Å². The molecule has 0 aromatic heterocycles. The Morgan fingerprint density at radius 1 is 1.59 bits per heavy atom. The minimum atomic E-state index is -0.359. The number of carbonyl (C=O) groups excluding carboxylic acids is 2. The summed E-state index contributed by atoms with van der Waals surface area (Å²) >= 11 is 1.63. The first kappa shape index (κ1) is 13.9. The molecule has 1 atom stereocenters. The van der Waals surface area contributed by atoms with Crippen molar-refractivity contribution in [2.75, 3.05) is 24.6 Å². The molecule has 1 N–H and O–H groups in total. The summed E-state index contributed by atoms with van der Waals surface area (Å²) in [4.78, 5) is 25.2. The Labute approximate surface area is 107 Å². The topological polar surface area (TPSA) is 49.4 Å². The lowest BCUT2D eigenvalue weighted by molar-refractivity contribution is -0.133. The molecule has 94 valence electrons. The summed E-state index contributed by atoms with van der Waals surface area (Å²) in [5.41, 5.74) is 0. The maximum absolute atomic E-state index is 12.0. The van der Waals surface area contributed by atoms with Crippen LogP contribution in [0.4, 0.5) is 0 Å². The lowest BCUT2D eigenvalue weighted by Crippen LogP contribution is -2.44. The highest BCUT2D eigenvalue weighted by Crippen LogP contribution is 2.08. The molecule has 1 fully saturated rings. The van der Waals surface area contributed by atoms with Crippen LogP contribution in [0.15, 0.2) is 0 Å². The molecule has 1 aliphatic heterocycles. The molecule has 1 rings (SSSR count). The predicted octanol–water partition coefficient (Wildman–Crippen LogP) is 0.480. The summed E-state index contributed by atoms with van der Waals surface area (Å²) in [6.07, 6.45) is 6.18. The predicted molar refractivity (Wildman–Crippen MR) is 69.6 cm³/mol. The van der Waals surface area contributed by atoms with Crippen molar-refractivity contribution in [1.82, 2.24) is 10.2 Å². The lowest BCUT2D eigenvalue weighted by Gasteiger charge is -2.23. The van der Waals surface area contributed by atoms with Gasteiger partial charge in [0.25, 0.3) is 0 Å². The van der Waals surface area contributed by atoms with Crippen LogP contribution in [0, 0.1) is 12.3 Å². The fourth-order valence-electron chi connectivity index (χ4n) is 1.70. The third kappa shape index (κ3) is 4.31. The average molecular weight is 254 g/mol. The van der Waals surface area contributed by atoms with Gasteiger partial charge >= 0.3 is 0 Å². The Balaban J connectivity index is 2.49. The summed E-state index contributed by atoms with van der Waals surface area (Å²) in [6.45, 7) is 3.08. The number of amides is 2. The number of nitrogens with zero attached hydrogens (tertiary/aromatic N) is 1. The van der Waals surface area contributed by atoms with E-state index in [0.717, 1.165) is 5.75 Å². The van der Waals surface area contributed by atoms with Gasteiger partial charge in [0.15, 0.2) is 0 Å². The van der Waals surface area contributed by atoms with Crippen LogP contribution >= 0.6 is 11.8 Å². The number of hydrogen-bond acceptors (Lipinski definition) is 3. The molecule has 0 aliphatic carbocycles. The Morgan fingerprint density at radius 2 is 2.35 bits per heavy atom. The molecule has 0 aromatic carbocycles. The highest BCUT2D eigenvalue weighted by molar-refractivity contribution is 7.99. The van der Waals surface area contributed by atoms with Gasteiger partial charge in [-0.25, -0.2) is 0 Å². The van der Waals surface area contributed by atoms with Crippen LogP contribution < -0.4 is 5.32 Å². The van der Waals surface area contributed by atoms with E-state index in [9.17, 15) is 9.59 Å². The van der Waals surface area contributed by atoms with Gasteiger partial charge in [-0.05, 0) is 6.42 Å². The first-order valence-corrected chi connectivity index (χ1v) is 6.93. The van der Waals surface area contributed by atoms with E-state index in [-0.39, 0.29) is 17.9 Å². The zero-order valence-electron chi connectivity index (χ0n) is 10.1. The van der Waals surface area contributed by atoms with Crippen molar-refractivity contribution < 1.29 is 9.59 Å². The number of nitrogens with one attached hydrogen (secondary N) is 1. The molecule has 5 heteroatoms. The molecule has 2 amide bonds. The van der Waals surface area contributed by atoms with Gasteiger partial charge in [-0.3, -0.25) is 9.59 Å². The van der Waals surface area contributed by atoms with Crippen molar-refractivity contribution in [3.05, 3.63) is 0 Å². The highest BCUT2D eigenvalue weighted by atomic mass is 32.2. The normalized spacial score (nSPS) is 20.7. The fourth-order valence-corrected chi connectivity index (χ4v) is 2.31. The van der Waals surface area contributed by atoms with Crippen LogP contribution in [0.3, 0.4) is 0 Å². The lowest BCUT2D eigenvalue weighted by atomic mass is 10.2. The SMILES string of the molecule is C#CCSCCN1CCC(=O)NC(CC)C1=O. The Bertz CT molecular complexity index is 325. The molecule has 4 nitrogen and oxygen atoms in total. The zero-order chi connectivity index (χ0) is 12.7. The molecular formula is C12H18N2O2S. The average Bonchev–Trinajstić information content (AvgIpc) is 2.46. The van der Waals surface area contributed by atoms with Crippen molar-refractivity contribution >= 4 is 23.6 Å². The Hall–Kier alpha value is -1.15. The standard InChI is InChI=1S/C12H18N2O2S/c1-3-8-17-9-7-14-6-5-11(15)13-10(4-2)12(14)16/h1,10H,4-9H2,2H3,(H,13,15). The third-order valence-electron chi connectivity index (χ3n) is 2.65. The van der Waals surface area contributed by atoms with Crippen LogP contribution in [-0.4, -0.2) is 47.4 Å². The maximum Gasteiger partial charge on any atom is 0.245 e.